The molecule has 0 rings (SSSR count). The van der Waals surface area contributed by atoms with Crippen LogP contribution in [-0.2, 0) is 4.79 Å². The summed E-state index contributed by atoms with van der Waals surface area (Å²) in [5.41, 5.74) is 4.85. The van der Waals surface area contributed by atoms with E-state index in [0.717, 1.165) is 0 Å². The van der Waals surface area contributed by atoms with Gasteiger partial charge < -0.3 is 20.7 Å². The Kier molecular flexibility index (Phi) is 2.44. The molecule has 0 aromatic rings. The maximum absolute atomic E-state index is 9.74. The predicted molar refractivity (Wildman–Crippen MR) is 24.7 cm³/mol. The molecule has 0 aromatic carbocycles. The van der Waals surface area contributed by atoms with E-state index >= 15 is 0 Å². The van der Waals surface area contributed by atoms with Crippen molar-refractivity contribution in [1.82, 2.24) is 0 Å². The number of carboxylic acid groups (broad SMARTS) is 1. The minimum atomic E-state index is -1.43. The molecule has 0 saturated heterocycles. The zero-order chi connectivity index (χ0) is 6.73. The number of hydrogen-bond donors (Lipinski definition) is 2. The third-order valence-electron chi connectivity index (χ3n) is 0.792. The molecule has 0 bridgehead atoms. The zero-order valence-electron chi connectivity index (χ0n) is 4.50. The van der Waals surface area contributed by atoms with Crippen LogP contribution in [0.1, 0.15) is 6.92 Å². The molecule has 4 heteroatoms. The third kappa shape index (κ3) is 1.90. The SMILES string of the molecule is C[C@H](O)[C@H](N)C(=O)[O-]. The first-order valence-corrected chi connectivity index (χ1v) is 2.20. The van der Waals surface area contributed by atoms with Gasteiger partial charge in [0.2, 0.25) is 0 Å². The van der Waals surface area contributed by atoms with Gasteiger partial charge in [0, 0.05) is 0 Å². The molecule has 0 aliphatic heterocycles. The molecular weight excluding hydrogens is 110 g/mol. The maximum atomic E-state index is 9.74. The summed E-state index contributed by atoms with van der Waals surface area (Å²) in [6, 6.07) is -1.27. The minimum Gasteiger partial charge on any atom is -0.548 e. The summed E-state index contributed by atoms with van der Waals surface area (Å²) in [7, 11) is 0. The van der Waals surface area contributed by atoms with E-state index in [1.165, 1.54) is 6.92 Å². The van der Waals surface area contributed by atoms with Crippen molar-refractivity contribution in [2.24, 2.45) is 5.73 Å². The Morgan fingerprint density at radius 2 is 2.25 bits per heavy atom. The first-order chi connectivity index (χ1) is 3.55. The summed E-state index contributed by atoms with van der Waals surface area (Å²) in [6.45, 7) is 1.29. The Morgan fingerprint density at radius 1 is 1.88 bits per heavy atom. The Labute approximate surface area is 46.9 Å². The lowest BCUT2D eigenvalue weighted by molar-refractivity contribution is -0.309. The normalized spacial score (nSPS) is 17.4. The van der Waals surface area contributed by atoms with E-state index in [1.54, 1.807) is 0 Å². The molecule has 0 heterocycles. The molecule has 0 saturated carbocycles. The van der Waals surface area contributed by atoms with E-state index in [2.05, 4.69) is 0 Å². The van der Waals surface area contributed by atoms with Crippen molar-refractivity contribution in [2.75, 3.05) is 0 Å². The van der Waals surface area contributed by atoms with Gasteiger partial charge in [0.15, 0.2) is 0 Å². The van der Waals surface area contributed by atoms with Gasteiger partial charge in [0.25, 0.3) is 0 Å². The molecule has 3 N–H and O–H groups in total. The molecule has 8 heavy (non-hydrogen) atoms. The molecule has 0 fully saturated rings. The summed E-state index contributed by atoms with van der Waals surface area (Å²) in [5, 5.41) is 18.2. The van der Waals surface area contributed by atoms with Crippen molar-refractivity contribution in [2.45, 2.75) is 19.1 Å². The quantitative estimate of drug-likeness (QED) is 0.417. The van der Waals surface area contributed by atoms with Crippen LogP contribution in [0.15, 0.2) is 0 Å². The topological polar surface area (TPSA) is 86.4 Å². The number of nitrogens with two attached hydrogens (primary N) is 1. The highest BCUT2D eigenvalue weighted by Crippen LogP contribution is 1.83. The summed E-state index contributed by atoms with van der Waals surface area (Å²) < 4.78 is 0. The van der Waals surface area contributed by atoms with E-state index in [9.17, 15) is 9.90 Å². The molecule has 0 aromatic heterocycles. The molecular formula is C4H8NO3-. The van der Waals surface area contributed by atoms with Gasteiger partial charge in [-0.2, -0.15) is 0 Å². The number of rotatable bonds is 2. The van der Waals surface area contributed by atoms with Crippen LogP contribution in [-0.4, -0.2) is 23.2 Å². The zero-order valence-corrected chi connectivity index (χ0v) is 4.50. The van der Waals surface area contributed by atoms with Crippen LogP contribution in [0.25, 0.3) is 0 Å². The standard InChI is InChI=1S/C4H9NO3/c1-2(6)3(5)4(7)8/h2-3,6H,5H2,1H3,(H,7,8)/p-1/t2-,3-/m0/s1. The smallest absolute Gasteiger partial charge is 0.0716 e. The van der Waals surface area contributed by atoms with Crippen molar-refractivity contribution in [3.8, 4) is 0 Å². The van der Waals surface area contributed by atoms with Gasteiger partial charge in [-0.25, -0.2) is 0 Å². The van der Waals surface area contributed by atoms with Crippen LogP contribution >= 0.6 is 0 Å². The number of aliphatic hydroxyl groups excluding tert-OH is 1. The Balaban J connectivity index is 3.64. The van der Waals surface area contributed by atoms with Crippen LogP contribution in [0.3, 0.4) is 0 Å². The number of aliphatic carboxylic acids is 1. The highest BCUT2D eigenvalue weighted by molar-refractivity contribution is 5.71. The largest absolute Gasteiger partial charge is 0.548 e. The van der Waals surface area contributed by atoms with Crippen LogP contribution in [0.2, 0.25) is 0 Å². The molecule has 4 nitrogen and oxygen atoms in total. The highest BCUT2D eigenvalue weighted by atomic mass is 16.4. The minimum absolute atomic E-state index is 1.04. The fourth-order valence-electron chi connectivity index (χ4n) is 0.197. The second kappa shape index (κ2) is 2.64. The Morgan fingerprint density at radius 3 is 2.25 bits per heavy atom. The number of carboxylic acids is 1. The second-order valence-electron chi connectivity index (χ2n) is 1.59. The van der Waals surface area contributed by atoms with Crippen molar-refractivity contribution < 1.29 is 15.0 Å². The van der Waals surface area contributed by atoms with Gasteiger partial charge in [0.05, 0.1) is 18.1 Å². The van der Waals surface area contributed by atoms with Crippen LogP contribution in [0, 0.1) is 0 Å². The van der Waals surface area contributed by atoms with E-state index in [1.807, 2.05) is 0 Å². The lowest BCUT2D eigenvalue weighted by Gasteiger charge is -2.14. The summed E-state index contributed by atoms with van der Waals surface area (Å²) in [4.78, 5) is 9.74. The van der Waals surface area contributed by atoms with E-state index < -0.39 is 18.1 Å². The molecule has 48 valence electrons. The summed E-state index contributed by atoms with van der Waals surface area (Å²) in [6.07, 6.45) is -1.04. The van der Waals surface area contributed by atoms with Gasteiger partial charge in [-0.05, 0) is 6.92 Å². The summed E-state index contributed by atoms with van der Waals surface area (Å²) >= 11 is 0. The molecule has 0 radical (unpaired) electrons. The Hall–Kier alpha value is -0.610. The first-order valence-electron chi connectivity index (χ1n) is 2.20. The highest BCUT2D eigenvalue weighted by Gasteiger charge is 2.08. The third-order valence-corrected chi connectivity index (χ3v) is 0.792. The lowest BCUT2D eigenvalue weighted by atomic mass is 10.2. The number of aliphatic hydroxyl groups is 1. The maximum Gasteiger partial charge on any atom is 0.0716 e. The molecule has 0 unspecified atom stereocenters. The number of hydrogen-bond acceptors (Lipinski definition) is 4. The van der Waals surface area contributed by atoms with Gasteiger partial charge >= 0.3 is 0 Å². The molecule has 0 aliphatic rings. The molecule has 0 spiro atoms. The fourth-order valence-corrected chi connectivity index (χ4v) is 0.197. The van der Waals surface area contributed by atoms with Crippen molar-refractivity contribution in [3.05, 3.63) is 0 Å². The van der Waals surface area contributed by atoms with Gasteiger partial charge in [-0.3, -0.25) is 0 Å². The molecule has 2 atom stereocenters. The first kappa shape index (κ1) is 7.39. The molecule has 0 amide bonds. The van der Waals surface area contributed by atoms with Crippen molar-refractivity contribution >= 4 is 5.97 Å². The van der Waals surface area contributed by atoms with E-state index in [0.29, 0.717) is 0 Å². The average molecular weight is 118 g/mol. The molecule has 0 aliphatic carbocycles. The van der Waals surface area contributed by atoms with Gasteiger partial charge in [0.1, 0.15) is 0 Å². The Bertz CT molecular complexity index is 91.3. The van der Waals surface area contributed by atoms with Crippen molar-refractivity contribution in [1.29, 1.82) is 0 Å². The van der Waals surface area contributed by atoms with Crippen LogP contribution in [0.5, 0.6) is 0 Å². The van der Waals surface area contributed by atoms with Gasteiger partial charge in [-0.1, -0.05) is 0 Å². The monoisotopic (exact) mass is 118 g/mol. The van der Waals surface area contributed by atoms with Gasteiger partial charge in [-0.15, -0.1) is 0 Å². The number of carbonyl (C=O) groups excluding carboxylic acids is 1. The van der Waals surface area contributed by atoms with Crippen molar-refractivity contribution in [3.63, 3.8) is 0 Å². The average Bonchev–Trinajstić information content (AvgIpc) is 1.64. The van der Waals surface area contributed by atoms with Crippen LogP contribution in [0.4, 0.5) is 0 Å². The number of carbonyl (C=O) groups is 1. The van der Waals surface area contributed by atoms with Crippen LogP contribution < -0.4 is 10.8 Å². The summed E-state index contributed by atoms with van der Waals surface area (Å²) in [5.74, 6) is -1.43. The second-order valence-corrected chi connectivity index (χ2v) is 1.59. The van der Waals surface area contributed by atoms with E-state index in [-0.39, 0.29) is 0 Å². The predicted octanol–water partition coefficient (Wildman–Crippen LogP) is -2.56. The lowest BCUT2D eigenvalue weighted by Crippen LogP contribution is -2.48. The fraction of sp³-hybridized carbons (Fsp3) is 0.750. The van der Waals surface area contributed by atoms with E-state index in [4.69, 9.17) is 10.8 Å².